The quantitative estimate of drug-likeness (QED) is 0.520. The summed E-state index contributed by atoms with van der Waals surface area (Å²) in [6.45, 7) is 5.50. The molecule has 0 rings (SSSR count). The molecule has 0 bridgehead atoms. The number of ether oxygens (including phenoxy) is 1. The molecule has 0 aromatic heterocycles. The summed E-state index contributed by atoms with van der Waals surface area (Å²) in [5.41, 5.74) is 0. The van der Waals surface area contributed by atoms with Gasteiger partial charge in [-0.15, -0.1) is 0 Å². The number of amides is 1. The second kappa shape index (κ2) is 11.6. The van der Waals surface area contributed by atoms with Crippen molar-refractivity contribution < 1.29 is 9.53 Å². The highest BCUT2D eigenvalue weighted by atomic mass is 32.1. The van der Waals surface area contributed by atoms with Crippen LogP contribution in [0.15, 0.2) is 0 Å². The molecule has 0 radical (unpaired) electrons. The van der Waals surface area contributed by atoms with Crippen LogP contribution in [0.5, 0.6) is 0 Å². The Bertz CT molecular complexity index is 201. The Hall–Kier alpha value is -0.840. The maximum Gasteiger partial charge on any atom is 0.413 e. The lowest BCUT2D eigenvalue weighted by atomic mass is 10.2. The summed E-state index contributed by atoms with van der Waals surface area (Å²) in [5.74, 6) is 0. The minimum Gasteiger partial charge on any atom is -0.449 e. The van der Waals surface area contributed by atoms with E-state index in [0.29, 0.717) is 11.7 Å². The van der Waals surface area contributed by atoms with E-state index in [1.807, 2.05) is 0 Å². The van der Waals surface area contributed by atoms with Crippen molar-refractivity contribution in [2.45, 2.75) is 52.4 Å². The molecule has 0 aliphatic heterocycles. The van der Waals surface area contributed by atoms with Crippen LogP contribution in [0.4, 0.5) is 4.79 Å². The minimum atomic E-state index is -0.464. The summed E-state index contributed by atoms with van der Waals surface area (Å²) < 4.78 is 4.96. The Labute approximate surface area is 109 Å². The van der Waals surface area contributed by atoms with Gasteiger partial charge in [0, 0.05) is 6.54 Å². The molecule has 0 fully saturated rings. The van der Waals surface area contributed by atoms with Crippen LogP contribution in [0.3, 0.4) is 0 Å². The zero-order chi connectivity index (χ0) is 12.9. The molecule has 17 heavy (non-hydrogen) atoms. The molecule has 0 spiro atoms. The van der Waals surface area contributed by atoms with Gasteiger partial charge in [0.05, 0.1) is 6.61 Å². The van der Waals surface area contributed by atoms with Crippen LogP contribution in [0.1, 0.15) is 52.4 Å². The van der Waals surface area contributed by atoms with Gasteiger partial charge >= 0.3 is 6.09 Å². The maximum atomic E-state index is 11.2. The standard InChI is InChI=1S/C12H24N2O2S/c1-3-5-7-9-13-11(17)14-12(15)16-10-8-6-4-2/h3-10H2,1-2H3,(H2,13,14,15,17). The highest BCUT2D eigenvalue weighted by Crippen LogP contribution is 1.94. The number of nitrogens with one attached hydrogen (secondary N) is 2. The summed E-state index contributed by atoms with van der Waals surface area (Å²) in [4.78, 5) is 11.2. The summed E-state index contributed by atoms with van der Waals surface area (Å²) in [6, 6.07) is 0. The third kappa shape index (κ3) is 11.4. The van der Waals surface area contributed by atoms with Crippen molar-refractivity contribution in [2.75, 3.05) is 13.2 Å². The van der Waals surface area contributed by atoms with Crippen LogP contribution >= 0.6 is 12.2 Å². The predicted molar refractivity (Wildman–Crippen MR) is 74.1 cm³/mol. The summed E-state index contributed by atoms with van der Waals surface area (Å²) in [7, 11) is 0. The third-order valence-electron chi connectivity index (χ3n) is 2.26. The second-order valence-corrected chi connectivity index (χ2v) is 4.34. The number of thiocarbonyl (C=S) groups is 1. The first kappa shape index (κ1) is 16.2. The Morgan fingerprint density at radius 3 is 2.41 bits per heavy atom. The van der Waals surface area contributed by atoms with Crippen molar-refractivity contribution in [3.05, 3.63) is 0 Å². The first-order valence-electron chi connectivity index (χ1n) is 6.42. The first-order valence-corrected chi connectivity index (χ1v) is 6.83. The number of rotatable bonds is 8. The van der Waals surface area contributed by atoms with E-state index in [-0.39, 0.29) is 0 Å². The van der Waals surface area contributed by atoms with Crippen molar-refractivity contribution in [1.82, 2.24) is 10.6 Å². The Morgan fingerprint density at radius 1 is 1.12 bits per heavy atom. The minimum absolute atomic E-state index is 0.349. The number of carbonyl (C=O) groups excluding carboxylic acids is 1. The molecule has 4 nitrogen and oxygen atoms in total. The summed E-state index contributed by atoms with van der Waals surface area (Å²) in [5, 5.41) is 5.81. The van der Waals surface area contributed by atoms with Crippen molar-refractivity contribution >= 4 is 23.4 Å². The van der Waals surface area contributed by atoms with E-state index in [9.17, 15) is 4.79 Å². The Morgan fingerprint density at radius 2 is 1.76 bits per heavy atom. The van der Waals surface area contributed by atoms with Crippen LogP contribution in [0.2, 0.25) is 0 Å². The van der Waals surface area contributed by atoms with Gasteiger partial charge in [0.2, 0.25) is 0 Å². The zero-order valence-electron chi connectivity index (χ0n) is 10.9. The van der Waals surface area contributed by atoms with Crippen LogP contribution < -0.4 is 10.6 Å². The molecule has 1 amide bonds. The molecule has 100 valence electrons. The van der Waals surface area contributed by atoms with Gasteiger partial charge in [-0.05, 0) is 25.1 Å². The van der Waals surface area contributed by atoms with Crippen LogP contribution in [-0.2, 0) is 4.74 Å². The van der Waals surface area contributed by atoms with E-state index in [0.717, 1.165) is 38.6 Å². The molecule has 0 aromatic rings. The van der Waals surface area contributed by atoms with E-state index in [2.05, 4.69) is 24.5 Å². The van der Waals surface area contributed by atoms with Crippen molar-refractivity contribution in [2.24, 2.45) is 0 Å². The number of unbranched alkanes of at least 4 members (excludes halogenated alkanes) is 4. The average molecular weight is 260 g/mol. The fraction of sp³-hybridized carbons (Fsp3) is 0.833. The fourth-order valence-electron chi connectivity index (χ4n) is 1.27. The molecular weight excluding hydrogens is 236 g/mol. The molecule has 0 saturated heterocycles. The molecule has 0 atom stereocenters. The largest absolute Gasteiger partial charge is 0.449 e. The fourth-order valence-corrected chi connectivity index (χ4v) is 1.45. The Kier molecular flexibility index (Phi) is 11.1. The van der Waals surface area contributed by atoms with E-state index in [4.69, 9.17) is 17.0 Å². The lowest BCUT2D eigenvalue weighted by Crippen LogP contribution is -2.40. The number of alkyl carbamates (subject to hydrolysis) is 1. The van der Waals surface area contributed by atoms with Gasteiger partial charge in [-0.1, -0.05) is 39.5 Å². The lowest BCUT2D eigenvalue weighted by molar-refractivity contribution is 0.149. The van der Waals surface area contributed by atoms with Crippen LogP contribution in [0, 0.1) is 0 Å². The second-order valence-electron chi connectivity index (χ2n) is 3.93. The normalized spacial score (nSPS) is 9.76. The first-order chi connectivity index (χ1) is 8.20. The van der Waals surface area contributed by atoms with E-state index >= 15 is 0 Å². The third-order valence-corrected chi connectivity index (χ3v) is 2.51. The molecule has 0 heterocycles. The molecular formula is C12H24N2O2S. The topological polar surface area (TPSA) is 50.4 Å². The van der Waals surface area contributed by atoms with Gasteiger partial charge < -0.3 is 10.1 Å². The van der Waals surface area contributed by atoms with Gasteiger partial charge in [-0.25, -0.2) is 4.79 Å². The van der Waals surface area contributed by atoms with Crippen LogP contribution in [-0.4, -0.2) is 24.4 Å². The van der Waals surface area contributed by atoms with E-state index in [1.54, 1.807) is 0 Å². The zero-order valence-corrected chi connectivity index (χ0v) is 11.7. The van der Waals surface area contributed by atoms with Crippen LogP contribution in [0.25, 0.3) is 0 Å². The number of hydrogen-bond acceptors (Lipinski definition) is 3. The predicted octanol–water partition coefficient (Wildman–Crippen LogP) is 2.97. The Balaban J connectivity index is 3.42. The summed E-state index contributed by atoms with van der Waals surface area (Å²) in [6.07, 6.45) is 6.02. The molecule has 0 aliphatic rings. The smallest absolute Gasteiger partial charge is 0.413 e. The van der Waals surface area contributed by atoms with Crippen molar-refractivity contribution in [3.8, 4) is 0 Å². The van der Waals surface area contributed by atoms with Gasteiger partial charge in [0.25, 0.3) is 0 Å². The maximum absolute atomic E-state index is 11.2. The van der Waals surface area contributed by atoms with Gasteiger partial charge in [0.1, 0.15) is 0 Å². The van der Waals surface area contributed by atoms with Gasteiger partial charge in [0.15, 0.2) is 5.11 Å². The monoisotopic (exact) mass is 260 g/mol. The average Bonchev–Trinajstić information content (AvgIpc) is 2.30. The summed E-state index contributed by atoms with van der Waals surface area (Å²) >= 11 is 4.96. The molecule has 0 aliphatic carbocycles. The van der Waals surface area contributed by atoms with E-state index in [1.165, 1.54) is 6.42 Å². The highest BCUT2D eigenvalue weighted by molar-refractivity contribution is 7.80. The molecule has 0 saturated carbocycles. The van der Waals surface area contributed by atoms with Crippen molar-refractivity contribution in [1.29, 1.82) is 0 Å². The van der Waals surface area contributed by atoms with Crippen molar-refractivity contribution in [3.63, 3.8) is 0 Å². The lowest BCUT2D eigenvalue weighted by Gasteiger charge is -2.09. The van der Waals surface area contributed by atoms with Gasteiger partial charge in [-0.3, -0.25) is 5.32 Å². The number of hydrogen-bond donors (Lipinski definition) is 2. The molecule has 0 aromatic carbocycles. The number of carbonyl (C=O) groups is 1. The SMILES string of the molecule is CCCCCNC(=S)NC(=O)OCCCCC. The highest BCUT2D eigenvalue weighted by Gasteiger charge is 2.03. The molecule has 5 heteroatoms. The van der Waals surface area contributed by atoms with E-state index < -0.39 is 6.09 Å². The van der Waals surface area contributed by atoms with Gasteiger partial charge in [-0.2, -0.15) is 0 Å². The molecule has 2 N–H and O–H groups in total. The molecule has 0 unspecified atom stereocenters.